The zero-order valence-corrected chi connectivity index (χ0v) is 7.67. The third-order valence-electron chi connectivity index (χ3n) is 1.18. The first kappa shape index (κ1) is 10.6. The normalized spacial score (nSPS) is 11.7. The highest BCUT2D eigenvalue weighted by Gasteiger charge is 1.95. The van der Waals surface area contributed by atoms with Gasteiger partial charge in [0.1, 0.15) is 0 Å². The maximum atomic E-state index is 3.80. The highest BCUT2D eigenvalue weighted by molar-refractivity contribution is 5.40. The Bertz CT molecular complexity index is 257. The van der Waals surface area contributed by atoms with Crippen molar-refractivity contribution in [1.82, 2.24) is 0 Å². The fourth-order valence-electron chi connectivity index (χ4n) is 0.704. The lowest BCUT2D eigenvalue weighted by Crippen LogP contribution is -1.80. The fraction of sp³-hybridized carbons (Fsp3) is 0.200. The third-order valence-corrected chi connectivity index (χ3v) is 1.18. The zero-order valence-electron chi connectivity index (χ0n) is 7.67. The van der Waals surface area contributed by atoms with Gasteiger partial charge in [0, 0.05) is 12.6 Å². The molecule has 0 spiro atoms. The molecule has 0 amide bonds. The molecular formula is C10H14N2. The average Bonchev–Trinajstić information content (AvgIpc) is 2.00. The van der Waals surface area contributed by atoms with Gasteiger partial charge in [-0.25, -0.2) is 0 Å². The number of rotatable bonds is 4. The molecule has 0 saturated heterocycles. The van der Waals surface area contributed by atoms with Crippen LogP contribution in [-0.4, -0.2) is 7.05 Å². The predicted octanol–water partition coefficient (Wildman–Crippen LogP) is 3.27. The van der Waals surface area contributed by atoms with E-state index in [1.807, 2.05) is 13.0 Å². The molecule has 12 heavy (non-hydrogen) atoms. The van der Waals surface area contributed by atoms with Crippen molar-refractivity contribution < 1.29 is 0 Å². The van der Waals surface area contributed by atoms with Gasteiger partial charge in [0.2, 0.25) is 0 Å². The maximum absolute atomic E-state index is 3.80. The standard InChI is InChI=1S/C10H14N2/c1-6-10(7-8(2)3)9(4)12-11-5/h6-7H,1-2,4H2,3,5H3/b10-7-,12-11?. The van der Waals surface area contributed by atoms with Gasteiger partial charge in [0.25, 0.3) is 0 Å². The Morgan fingerprint density at radius 3 is 2.25 bits per heavy atom. The van der Waals surface area contributed by atoms with E-state index >= 15 is 0 Å². The van der Waals surface area contributed by atoms with Gasteiger partial charge in [-0.05, 0) is 6.92 Å². The van der Waals surface area contributed by atoms with Gasteiger partial charge in [0.05, 0.1) is 5.70 Å². The van der Waals surface area contributed by atoms with Crippen molar-refractivity contribution in [2.75, 3.05) is 7.05 Å². The molecule has 0 aliphatic carbocycles. The van der Waals surface area contributed by atoms with E-state index in [9.17, 15) is 0 Å². The summed E-state index contributed by atoms with van der Waals surface area (Å²) in [6, 6.07) is 0. The van der Waals surface area contributed by atoms with Gasteiger partial charge in [-0.15, -0.1) is 0 Å². The van der Waals surface area contributed by atoms with Gasteiger partial charge < -0.3 is 0 Å². The molecule has 2 heteroatoms. The maximum Gasteiger partial charge on any atom is 0.0852 e. The van der Waals surface area contributed by atoms with Crippen molar-refractivity contribution >= 4 is 0 Å². The van der Waals surface area contributed by atoms with Gasteiger partial charge in [-0.3, -0.25) is 0 Å². The summed E-state index contributed by atoms with van der Waals surface area (Å²) in [4.78, 5) is 0. The van der Waals surface area contributed by atoms with Crippen molar-refractivity contribution in [3.05, 3.63) is 48.7 Å². The molecule has 0 aromatic rings. The van der Waals surface area contributed by atoms with Crippen LogP contribution in [-0.2, 0) is 0 Å². The van der Waals surface area contributed by atoms with E-state index in [1.165, 1.54) is 0 Å². The van der Waals surface area contributed by atoms with Gasteiger partial charge in [-0.1, -0.05) is 37.5 Å². The Morgan fingerprint density at radius 1 is 1.33 bits per heavy atom. The molecule has 0 aliphatic heterocycles. The molecule has 0 rings (SSSR count). The minimum atomic E-state index is 0.607. The number of nitrogens with zero attached hydrogens (tertiary/aromatic N) is 2. The van der Waals surface area contributed by atoms with Crippen molar-refractivity contribution in [2.24, 2.45) is 10.2 Å². The predicted molar refractivity (Wildman–Crippen MR) is 53.0 cm³/mol. The van der Waals surface area contributed by atoms with Crippen molar-refractivity contribution in [3.8, 4) is 0 Å². The summed E-state index contributed by atoms with van der Waals surface area (Å²) < 4.78 is 0. The Kier molecular flexibility index (Phi) is 4.61. The summed E-state index contributed by atoms with van der Waals surface area (Å²) in [5, 5.41) is 7.42. The van der Waals surface area contributed by atoms with Crippen LogP contribution in [0.4, 0.5) is 0 Å². The molecule has 0 radical (unpaired) electrons. The summed E-state index contributed by atoms with van der Waals surface area (Å²) in [5.74, 6) is 0. The number of azo groups is 1. The Labute approximate surface area is 73.7 Å². The summed E-state index contributed by atoms with van der Waals surface area (Å²) in [5.41, 5.74) is 2.40. The molecule has 2 nitrogen and oxygen atoms in total. The summed E-state index contributed by atoms with van der Waals surface area (Å²) >= 11 is 0. The lowest BCUT2D eigenvalue weighted by molar-refractivity contribution is 1.11. The average molecular weight is 162 g/mol. The van der Waals surface area contributed by atoms with E-state index in [-0.39, 0.29) is 0 Å². The first-order valence-electron chi connectivity index (χ1n) is 3.60. The molecule has 0 heterocycles. The molecule has 64 valence electrons. The van der Waals surface area contributed by atoms with Crippen LogP contribution >= 0.6 is 0 Å². The van der Waals surface area contributed by atoms with Crippen LogP contribution in [0.15, 0.2) is 59.0 Å². The molecule has 0 aromatic heterocycles. The van der Waals surface area contributed by atoms with Crippen LogP contribution in [0, 0.1) is 0 Å². The first-order chi connectivity index (χ1) is 5.61. The Balaban J connectivity index is 4.67. The zero-order chi connectivity index (χ0) is 9.56. The van der Waals surface area contributed by atoms with E-state index < -0.39 is 0 Å². The summed E-state index contributed by atoms with van der Waals surface area (Å²) in [6.45, 7) is 13.0. The SMILES string of the molecule is C=C/C(=C/C(=C)C)C(=C)N=NC. The number of allylic oxidation sites excluding steroid dienone is 3. The number of hydrogen-bond acceptors (Lipinski definition) is 2. The highest BCUT2D eigenvalue weighted by atomic mass is 15.1. The lowest BCUT2D eigenvalue weighted by atomic mass is 10.1. The fourth-order valence-corrected chi connectivity index (χ4v) is 0.704. The molecular weight excluding hydrogens is 148 g/mol. The Hall–Kier alpha value is -1.44. The molecule has 0 aliphatic rings. The highest BCUT2D eigenvalue weighted by Crippen LogP contribution is 2.12. The monoisotopic (exact) mass is 162 g/mol. The second-order valence-corrected chi connectivity index (χ2v) is 2.40. The van der Waals surface area contributed by atoms with Gasteiger partial charge in [-0.2, -0.15) is 10.2 Å². The van der Waals surface area contributed by atoms with Crippen LogP contribution in [0.5, 0.6) is 0 Å². The van der Waals surface area contributed by atoms with Crippen molar-refractivity contribution in [1.29, 1.82) is 0 Å². The van der Waals surface area contributed by atoms with Crippen LogP contribution in [0.1, 0.15) is 6.92 Å². The molecule has 0 saturated carbocycles. The minimum Gasteiger partial charge on any atom is -0.192 e. The molecule has 0 atom stereocenters. The quantitative estimate of drug-likeness (QED) is 0.447. The van der Waals surface area contributed by atoms with Crippen LogP contribution in [0.3, 0.4) is 0 Å². The molecule has 0 bridgehead atoms. The second kappa shape index (κ2) is 5.24. The van der Waals surface area contributed by atoms with Crippen LogP contribution in [0.25, 0.3) is 0 Å². The molecule has 0 fully saturated rings. The third kappa shape index (κ3) is 3.66. The lowest BCUT2D eigenvalue weighted by Gasteiger charge is -1.98. The van der Waals surface area contributed by atoms with E-state index in [1.54, 1.807) is 13.1 Å². The van der Waals surface area contributed by atoms with Crippen molar-refractivity contribution in [3.63, 3.8) is 0 Å². The van der Waals surface area contributed by atoms with E-state index in [0.29, 0.717) is 5.70 Å². The smallest absolute Gasteiger partial charge is 0.0852 e. The van der Waals surface area contributed by atoms with Gasteiger partial charge in [0.15, 0.2) is 0 Å². The Morgan fingerprint density at radius 2 is 1.92 bits per heavy atom. The summed E-state index contributed by atoms with van der Waals surface area (Å²) in [6.07, 6.45) is 3.55. The van der Waals surface area contributed by atoms with E-state index in [0.717, 1.165) is 11.1 Å². The van der Waals surface area contributed by atoms with E-state index in [2.05, 4.69) is 30.0 Å². The summed E-state index contributed by atoms with van der Waals surface area (Å²) in [7, 11) is 1.60. The molecule has 0 unspecified atom stereocenters. The van der Waals surface area contributed by atoms with E-state index in [4.69, 9.17) is 0 Å². The number of hydrogen-bond donors (Lipinski definition) is 0. The van der Waals surface area contributed by atoms with Crippen LogP contribution < -0.4 is 0 Å². The van der Waals surface area contributed by atoms with Crippen molar-refractivity contribution in [2.45, 2.75) is 6.92 Å². The van der Waals surface area contributed by atoms with Crippen LogP contribution in [0.2, 0.25) is 0 Å². The molecule has 0 N–H and O–H groups in total. The molecule has 0 aromatic carbocycles. The van der Waals surface area contributed by atoms with Gasteiger partial charge >= 0.3 is 0 Å². The second-order valence-electron chi connectivity index (χ2n) is 2.40. The largest absolute Gasteiger partial charge is 0.192 e. The topological polar surface area (TPSA) is 24.7 Å². The minimum absolute atomic E-state index is 0.607. The first-order valence-corrected chi connectivity index (χ1v) is 3.60.